The van der Waals surface area contributed by atoms with Gasteiger partial charge < -0.3 is 0 Å². The van der Waals surface area contributed by atoms with E-state index in [1.165, 1.54) is 0 Å². The van der Waals surface area contributed by atoms with Gasteiger partial charge in [-0.3, -0.25) is 0 Å². The van der Waals surface area contributed by atoms with Gasteiger partial charge in [0.1, 0.15) is 0 Å². The molecule has 1 aliphatic rings. The zero-order valence-corrected chi connectivity index (χ0v) is 15.7. The maximum absolute atomic E-state index is 12.8. The van der Waals surface area contributed by atoms with E-state index in [9.17, 15) is 4.79 Å². The molecule has 0 fully saturated rings. The first-order chi connectivity index (χ1) is 9.09. The Labute approximate surface area is 129 Å². The standard InChI is InChI=1S/C8H6N2O.2C4H9.Ca/c9-8(10-6-11)7-4-2-1-3-5-7;2*1-4(2)3;/h1-5H,(H-,9,10,11);2*1-3H3;/q-1;;;+1. The van der Waals surface area contributed by atoms with Crippen LogP contribution in [0.25, 0.3) is 0 Å². The van der Waals surface area contributed by atoms with Crippen LogP contribution in [0, 0.1) is 0 Å². The van der Waals surface area contributed by atoms with Crippen molar-refractivity contribution in [2.75, 3.05) is 0 Å². The van der Waals surface area contributed by atoms with Crippen LogP contribution >= 0.6 is 0 Å². The fourth-order valence-corrected chi connectivity index (χ4v) is 15.9. The van der Waals surface area contributed by atoms with Gasteiger partial charge in [-0.25, -0.2) is 0 Å². The SMILES string of the molecule is C[C](C)(C)[Ca]1([C](C)(C)C)[N]=C(c2ccccc2)N[C]1=O. The molecule has 106 valence electrons. The number of amides is 1. The zero-order chi connectivity index (χ0) is 15.2. The molecule has 0 saturated heterocycles. The molecule has 0 aliphatic carbocycles. The van der Waals surface area contributed by atoms with Crippen LogP contribution in [-0.2, 0) is 0 Å². The molecule has 1 heterocycles. The van der Waals surface area contributed by atoms with Crippen LogP contribution in [0.2, 0.25) is 3.02 Å². The van der Waals surface area contributed by atoms with Gasteiger partial charge in [0.25, 0.3) is 0 Å². The Morgan fingerprint density at radius 1 is 0.950 bits per heavy atom. The summed E-state index contributed by atoms with van der Waals surface area (Å²) >= 11 is -3.57. The third kappa shape index (κ3) is 2.44. The predicted molar refractivity (Wildman–Crippen MR) is 86.7 cm³/mol. The van der Waals surface area contributed by atoms with Crippen molar-refractivity contribution >= 4 is 38.1 Å². The number of amidine groups is 1. The van der Waals surface area contributed by atoms with Crippen LogP contribution in [0.15, 0.2) is 31.8 Å². The monoisotopic (exact) mass is 300 g/mol. The van der Waals surface area contributed by atoms with Gasteiger partial charge in [-0.1, -0.05) is 0 Å². The summed E-state index contributed by atoms with van der Waals surface area (Å²) in [5.41, 5.74) is 1.01. The van der Waals surface area contributed by atoms with Crippen LogP contribution < -0.4 is 5.32 Å². The van der Waals surface area contributed by atoms with Crippen LogP contribution in [0.4, 0.5) is 4.79 Å². The average molecular weight is 300 g/mol. The van der Waals surface area contributed by atoms with E-state index in [-0.39, 0.29) is 5.03 Å². The van der Waals surface area contributed by atoms with Gasteiger partial charge in [-0.15, -0.1) is 0 Å². The second-order valence-corrected chi connectivity index (χ2v) is 19.8. The number of benzene rings is 1. The number of rotatable bonds is 1. The van der Waals surface area contributed by atoms with Crippen molar-refractivity contribution in [1.82, 2.24) is 5.32 Å². The summed E-state index contributed by atoms with van der Waals surface area (Å²) < 4.78 is 5.22. The number of nitrogens with zero attached hydrogens (tertiary/aromatic N) is 1. The third-order valence-electron chi connectivity index (χ3n) is 5.24. The van der Waals surface area contributed by atoms with Crippen molar-refractivity contribution in [3.8, 4) is 0 Å². The molecule has 20 heavy (non-hydrogen) atoms. The summed E-state index contributed by atoms with van der Waals surface area (Å²) in [5.74, 6) is 0.778. The van der Waals surface area contributed by atoms with E-state index < -0.39 is 30.3 Å². The van der Waals surface area contributed by atoms with Crippen molar-refractivity contribution in [3.63, 3.8) is 0 Å². The van der Waals surface area contributed by atoms with Crippen LogP contribution in [0.5, 0.6) is 0 Å². The summed E-state index contributed by atoms with van der Waals surface area (Å²) in [4.78, 5) is 12.8. The fourth-order valence-electron chi connectivity index (χ4n) is 4.40. The van der Waals surface area contributed by atoms with Gasteiger partial charge in [-0.2, -0.15) is 0 Å². The van der Waals surface area contributed by atoms with E-state index in [1.807, 2.05) is 30.3 Å². The van der Waals surface area contributed by atoms with Crippen molar-refractivity contribution in [1.29, 1.82) is 0 Å². The molecule has 0 spiro atoms. The Kier molecular flexibility index (Phi) is 4.09. The van der Waals surface area contributed by atoms with E-state index in [2.05, 4.69) is 46.9 Å². The number of hydrogen-bond donors (Lipinski definition) is 1. The molecule has 1 aliphatic heterocycles. The van der Waals surface area contributed by atoms with Gasteiger partial charge in [-0.05, 0) is 0 Å². The summed E-state index contributed by atoms with van der Waals surface area (Å²) in [6.45, 7) is 13.1. The Bertz CT molecular complexity index is 536. The van der Waals surface area contributed by atoms with Crippen molar-refractivity contribution in [2.45, 2.75) is 44.6 Å². The van der Waals surface area contributed by atoms with Crippen LogP contribution in [-0.4, -0.2) is 38.1 Å². The van der Waals surface area contributed by atoms with E-state index in [0.29, 0.717) is 0 Å². The van der Waals surface area contributed by atoms with Gasteiger partial charge in [0, 0.05) is 0 Å². The Morgan fingerprint density at radius 3 is 1.85 bits per heavy atom. The molecule has 1 aromatic carbocycles. The fraction of sp³-hybridized carbons (Fsp3) is 0.500. The quantitative estimate of drug-likeness (QED) is 0.773. The topological polar surface area (TPSA) is 41.5 Å². The first kappa shape index (κ1) is 16.0. The van der Waals surface area contributed by atoms with E-state index >= 15 is 0 Å². The summed E-state index contributed by atoms with van der Waals surface area (Å²) in [6, 6.07) is 9.95. The van der Waals surface area contributed by atoms with E-state index in [1.54, 1.807) is 0 Å². The normalized spacial score (nSPS) is 18.7. The Balaban J connectivity index is 2.60. The summed E-state index contributed by atoms with van der Waals surface area (Å²) in [7, 11) is 0. The molecule has 3 nitrogen and oxygen atoms in total. The molecule has 2 rings (SSSR count). The van der Waals surface area contributed by atoms with E-state index in [4.69, 9.17) is 1.48 Å². The molecular formula is C16H24CaN2O. The minimum atomic E-state index is -3.57. The second kappa shape index (κ2) is 5.11. The third-order valence-corrected chi connectivity index (χ3v) is 17.8. The van der Waals surface area contributed by atoms with Gasteiger partial charge >= 0.3 is 130 Å². The summed E-state index contributed by atoms with van der Waals surface area (Å²) in [6.07, 6.45) is 0. The van der Waals surface area contributed by atoms with Crippen molar-refractivity contribution in [3.05, 3.63) is 35.9 Å². The predicted octanol–water partition coefficient (Wildman–Crippen LogP) is 4.28. The molecule has 0 saturated carbocycles. The number of carbonyl (C=O) groups excluding carboxylic acids is 1. The zero-order valence-electron chi connectivity index (χ0n) is 13.4. The molecular weight excluding hydrogens is 276 g/mol. The van der Waals surface area contributed by atoms with Gasteiger partial charge in [0.05, 0.1) is 0 Å². The average Bonchev–Trinajstić information content (AvgIpc) is 2.68. The molecule has 0 atom stereocenters. The molecule has 0 aromatic heterocycles. The Hall–Kier alpha value is -0.380. The van der Waals surface area contributed by atoms with Crippen LogP contribution in [0.1, 0.15) is 47.1 Å². The molecule has 4 heteroatoms. The molecule has 0 bridgehead atoms. The first-order valence-electron chi connectivity index (χ1n) is 7.47. The molecule has 1 N–H and O–H groups in total. The molecule has 1 aromatic rings. The van der Waals surface area contributed by atoms with Gasteiger partial charge in [0.2, 0.25) is 0 Å². The van der Waals surface area contributed by atoms with Crippen molar-refractivity contribution < 1.29 is 4.79 Å². The molecule has 2 radical (unpaired) electrons. The number of carbonyl (C=O) groups is 1. The molecule has 1 amide bonds. The van der Waals surface area contributed by atoms with Crippen LogP contribution in [0.3, 0.4) is 0 Å². The number of nitrogens with one attached hydrogen (secondary N) is 1. The minimum absolute atomic E-state index is 0.0393. The second-order valence-electron chi connectivity index (χ2n) is 8.55. The summed E-state index contributed by atoms with van der Waals surface area (Å²) in [5, 5.41) is 3.08. The van der Waals surface area contributed by atoms with E-state index in [0.717, 1.165) is 11.4 Å². The van der Waals surface area contributed by atoms with Gasteiger partial charge in [0.15, 0.2) is 0 Å². The first-order valence-corrected chi connectivity index (χ1v) is 11.8. The maximum atomic E-state index is 12.8. The number of hydrogen-bond acceptors (Lipinski definition) is 2. The Morgan fingerprint density at radius 2 is 1.45 bits per heavy atom. The van der Waals surface area contributed by atoms with Crippen molar-refractivity contribution in [2.24, 2.45) is 1.48 Å². The molecule has 0 unspecified atom stereocenters.